The molecule has 3 aromatic rings. The number of benzene rings is 1. The van der Waals surface area contributed by atoms with Gasteiger partial charge in [-0.3, -0.25) is 4.79 Å². The van der Waals surface area contributed by atoms with Crippen LogP contribution < -0.4 is 25.5 Å². The zero-order chi connectivity index (χ0) is 23.0. The van der Waals surface area contributed by atoms with Gasteiger partial charge >= 0.3 is 0 Å². The molecule has 0 unspecified atom stereocenters. The van der Waals surface area contributed by atoms with Crippen LogP contribution in [0.5, 0.6) is 5.75 Å². The van der Waals surface area contributed by atoms with E-state index < -0.39 is 12.4 Å². The molecule has 3 rings (SSSR count). The molecule has 0 aliphatic heterocycles. The summed E-state index contributed by atoms with van der Waals surface area (Å²) < 4.78 is 9.61. The summed E-state index contributed by atoms with van der Waals surface area (Å²) in [7, 11) is 1.64. The van der Waals surface area contributed by atoms with Crippen molar-refractivity contribution in [3.8, 4) is 11.8 Å². The van der Waals surface area contributed by atoms with Crippen molar-refractivity contribution in [3.05, 3.63) is 41.6 Å². The third-order valence-corrected chi connectivity index (χ3v) is 4.56. The molecule has 1 amide bonds. The molecule has 11 heteroatoms. The quantitative estimate of drug-likeness (QED) is 0.395. The number of nitrogen functional groups attached to an aromatic ring is 1. The molecule has 0 aliphatic carbocycles. The summed E-state index contributed by atoms with van der Waals surface area (Å²) in [5, 5.41) is 20.1. The number of nitriles is 1. The van der Waals surface area contributed by atoms with Crippen LogP contribution in [0.3, 0.4) is 0 Å². The fourth-order valence-electron chi connectivity index (χ4n) is 3.26. The minimum atomic E-state index is -0.500. The molecule has 2 aromatic heterocycles. The van der Waals surface area contributed by atoms with Crippen LogP contribution in [-0.4, -0.2) is 34.0 Å². The Morgan fingerprint density at radius 3 is 2.74 bits per heavy atom. The van der Waals surface area contributed by atoms with Crippen LogP contribution in [0.1, 0.15) is 35.9 Å². The summed E-state index contributed by atoms with van der Waals surface area (Å²) >= 11 is 0. The Bertz CT molecular complexity index is 1130. The molecule has 0 saturated heterocycles. The second-order valence-corrected chi connectivity index (χ2v) is 6.14. The summed E-state index contributed by atoms with van der Waals surface area (Å²) in [6.45, 7) is 5.34. The monoisotopic (exact) mass is 425 g/mol. The molecular formula is C20H23N7O4. The number of hydrogen-bond acceptors (Lipinski definition) is 8. The second kappa shape index (κ2) is 10.5. The zero-order valence-corrected chi connectivity index (χ0v) is 17.5. The number of carbonyl (C=O) groups excluding carboxylic acids is 2. The number of amides is 1. The van der Waals surface area contributed by atoms with Crippen LogP contribution >= 0.6 is 0 Å². The smallest absolute Gasteiger partial charge is 0.277 e. The van der Waals surface area contributed by atoms with Crippen LogP contribution in [0.2, 0.25) is 0 Å². The van der Waals surface area contributed by atoms with Crippen LogP contribution in [0.15, 0.2) is 24.4 Å². The fraction of sp³-hybridized carbons (Fsp3) is 0.300. The van der Waals surface area contributed by atoms with Crippen molar-refractivity contribution in [2.24, 2.45) is 0 Å². The topological polar surface area (TPSA) is 163 Å². The molecule has 0 radical (unpaired) electrons. The van der Waals surface area contributed by atoms with E-state index >= 15 is 0 Å². The first kappa shape index (κ1) is 23.1. The number of fused-ring (bicyclic) bond motifs is 1. The van der Waals surface area contributed by atoms with E-state index in [9.17, 15) is 4.79 Å². The molecule has 0 aliphatic rings. The lowest BCUT2D eigenvalue weighted by Gasteiger charge is -2.06. The van der Waals surface area contributed by atoms with Crippen molar-refractivity contribution in [2.75, 3.05) is 12.8 Å². The molecule has 0 saturated carbocycles. The maximum absolute atomic E-state index is 12.6. The van der Waals surface area contributed by atoms with E-state index in [4.69, 9.17) is 25.6 Å². The maximum Gasteiger partial charge on any atom is 0.277 e. The van der Waals surface area contributed by atoms with E-state index in [1.165, 1.54) is 6.20 Å². The number of aryl methyl sites for hydroxylation is 2. The Kier molecular flexibility index (Phi) is 7.85. The summed E-state index contributed by atoms with van der Waals surface area (Å²) in [6, 6.07) is 7.77. The van der Waals surface area contributed by atoms with E-state index in [1.807, 2.05) is 31.2 Å². The average Bonchev–Trinajstić information content (AvgIpc) is 3.09. The number of anilines is 1. The fourth-order valence-corrected chi connectivity index (χ4v) is 3.26. The van der Waals surface area contributed by atoms with Gasteiger partial charge in [0.1, 0.15) is 18.4 Å². The van der Waals surface area contributed by atoms with Gasteiger partial charge in [0, 0.05) is 12.5 Å². The van der Waals surface area contributed by atoms with Gasteiger partial charge in [-0.1, -0.05) is 0 Å². The summed E-state index contributed by atoms with van der Waals surface area (Å²) in [4.78, 5) is 28.6. The van der Waals surface area contributed by atoms with Crippen LogP contribution in [0.4, 0.5) is 5.82 Å². The third-order valence-electron chi connectivity index (χ3n) is 4.56. The molecule has 11 nitrogen and oxygen atoms in total. The van der Waals surface area contributed by atoms with E-state index in [2.05, 4.69) is 31.3 Å². The van der Waals surface area contributed by atoms with E-state index in [0.717, 1.165) is 35.7 Å². The maximum atomic E-state index is 12.6. The third kappa shape index (κ3) is 4.87. The minimum absolute atomic E-state index is 0.0133. The molecule has 2 heterocycles. The predicted molar refractivity (Wildman–Crippen MR) is 108 cm³/mol. The van der Waals surface area contributed by atoms with E-state index in [-0.39, 0.29) is 23.8 Å². The first-order valence-corrected chi connectivity index (χ1v) is 9.40. The molecular weight excluding hydrogens is 402 g/mol. The number of nitrogens with one attached hydrogen (secondary N) is 1. The van der Waals surface area contributed by atoms with Crippen molar-refractivity contribution in [1.82, 2.24) is 19.9 Å². The van der Waals surface area contributed by atoms with Crippen molar-refractivity contribution in [3.63, 3.8) is 0 Å². The van der Waals surface area contributed by atoms with Crippen LogP contribution in [0, 0.1) is 11.3 Å². The van der Waals surface area contributed by atoms with Gasteiger partial charge in [-0.05, 0) is 26.0 Å². The molecule has 31 heavy (non-hydrogen) atoms. The molecule has 162 valence electrons. The number of aromatic nitrogens is 4. The Balaban J connectivity index is 0.00000107. The molecule has 0 atom stereocenters. The van der Waals surface area contributed by atoms with Gasteiger partial charge in [0.15, 0.2) is 28.2 Å². The largest absolute Gasteiger partial charge is 0.554 e. The highest BCUT2D eigenvalue weighted by molar-refractivity contribution is 5.96. The van der Waals surface area contributed by atoms with Crippen molar-refractivity contribution < 1.29 is 24.0 Å². The van der Waals surface area contributed by atoms with Crippen LogP contribution in [-0.2, 0) is 24.4 Å². The van der Waals surface area contributed by atoms with Gasteiger partial charge in [-0.25, -0.2) is 19.1 Å². The first-order chi connectivity index (χ1) is 14.9. The minimum Gasteiger partial charge on any atom is -0.554 e. The highest BCUT2D eigenvalue weighted by Crippen LogP contribution is 2.21. The van der Waals surface area contributed by atoms with Gasteiger partial charge in [0.05, 0.1) is 26.4 Å². The normalized spacial score (nSPS) is 10.0. The predicted octanol–water partition coefficient (Wildman–Crippen LogP) is -0.483. The number of carbonyl (C=O) groups is 2. The number of carboxylic acid groups (broad SMARTS) is 1. The van der Waals surface area contributed by atoms with Gasteiger partial charge in [-0.15, -0.1) is 0 Å². The van der Waals surface area contributed by atoms with Gasteiger partial charge in [0.2, 0.25) is 0 Å². The first-order valence-electron chi connectivity index (χ1n) is 9.40. The SMILES string of the molecule is CCn1c(CNC(=O)c2nc(C#N)cnc2N)[n+](CC)c2ccc(OC)cc21.O=C[O-]. The van der Waals surface area contributed by atoms with Gasteiger partial charge < -0.3 is 25.7 Å². The second-order valence-electron chi connectivity index (χ2n) is 6.14. The summed E-state index contributed by atoms with van der Waals surface area (Å²) in [6.07, 6.45) is 1.24. The number of ether oxygens (including phenoxy) is 1. The van der Waals surface area contributed by atoms with Crippen molar-refractivity contribution in [1.29, 1.82) is 5.26 Å². The van der Waals surface area contributed by atoms with Gasteiger partial charge in [0.25, 0.3) is 11.7 Å². The average molecular weight is 425 g/mol. The van der Waals surface area contributed by atoms with Crippen LogP contribution in [0.25, 0.3) is 11.0 Å². The van der Waals surface area contributed by atoms with E-state index in [0.29, 0.717) is 0 Å². The molecule has 3 N–H and O–H groups in total. The number of nitrogens with zero attached hydrogens (tertiary/aromatic N) is 5. The summed E-state index contributed by atoms with van der Waals surface area (Å²) in [5.74, 6) is 1.22. The van der Waals surface area contributed by atoms with Gasteiger partial charge in [-0.2, -0.15) is 5.26 Å². The lowest BCUT2D eigenvalue weighted by atomic mass is 10.3. The number of methoxy groups -OCH3 is 1. The lowest BCUT2D eigenvalue weighted by molar-refractivity contribution is -0.676. The Hall–Kier alpha value is -4.20. The Labute approximate surface area is 178 Å². The molecule has 1 aromatic carbocycles. The Morgan fingerprint density at radius 2 is 2.16 bits per heavy atom. The number of rotatable bonds is 6. The zero-order valence-electron chi connectivity index (χ0n) is 17.5. The van der Waals surface area contributed by atoms with Crippen molar-refractivity contribution >= 4 is 29.2 Å². The molecule has 0 spiro atoms. The highest BCUT2D eigenvalue weighted by atomic mass is 16.5. The molecule has 0 bridgehead atoms. The Morgan fingerprint density at radius 1 is 1.45 bits per heavy atom. The number of imidazole rings is 1. The lowest BCUT2D eigenvalue weighted by Crippen LogP contribution is -2.40. The number of hydrogen-bond donors (Lipinski definition) is 2. The van der Waals surface area contributed by atoms with Crippen molar-refractivity contribution in [2.45, 2.75) is 33.5 Å². The highest BCUT2D eigenvalue weighted by Gasteiger charge is 2.25. The standard InChI is InChI=1S/C19H21N7O2.CH2O2/c1-4-25-14-7-6-13(28-3)8-15(14)26(5-2)16(25)11-23-19(27)17-18(21)22-10-12(9-20)24-17;2-1-3/h6-8,10H,4-5,11H2,1-3H3,(H2-,21,22,23,27);1H,(H,2,3). The van der Waals surface area contributed by atoms with E-state index in [1.54, 1.807) is 7.11 Å². The summed E-state index contributed by atoms with van der Waals surface area (Å²) in [5.41, 5.74) is 7.82. The molecule has 0 fully saturated rings. The number of nitrogens with two attached hydrogens (primary N) is 1.